The maximum absolute atomic E-state index is 9.38. The van der Waals surface area contributed by atoms with Gasteiger partial charge in [-0.2, -0.15) is 0 Å². The van der Waals surface area contributed by atoms with E-state index in [1.807, 2.05) is 6.92 Å². The minimum absolute atomic E-state index is 0. The molecule has 0 aliphatic carbocycles. The third-order valence-corrected chi connectivity index (χ3v) is 3.38. The van der Waals surface area contributed by atoms with Crippen molar-refractivity contribution in [1.29, 1.82) is 0 Å². The first kappa shape index (κ1) is 17.7. The summed E-state index contributed by atoms with van der Waals surface area (Å²) in [6.45, 7) is 8.49. The Bertz CT molecular complexity index is 191. The third-order valence-electron chi connectivity index (χ3n) is 3.38. The van der Waals surface area contributed by atoms with E-state index in [-0.39, 0.29) is 25.3 Å². The highest BCUT2D eigenvalue weighted by atomic mass is 16.3. The normalized spacial score (nSPS) is 11.8. The summed E-state index contributed by atoms with van der Waals surface area (Å²) in [4.78, 5) is 0. The van der Waals surface area contributed by atoms with Crippen LogP contribution in [0.2, 0.25) is 0 Å². The number of aliphatic hydroxyl groups is 3. The Morgan fingerprint density at radius 1 is 0.938 bits per heavy atom. The molecule has 0 fully saturated rings. The summed E-state index contributed by atoms with van der Waals surface area (Å²) in [5.41, 5.74) is -1.32. The van der Waals surface area contributed by atoms with Crippen molar-refractivity contribution in [3.8, 4) is 0 Å². The highest BCUT2D eigenvalue weighted by Crippen LogP contribution is 2.44. The minimum atomic E-state index is -0.893. The van der Waals surface area contributed by atoms with Crippen LogP contribution < -0.4 is 0 Å². The summed E-state index contributed by atoms with van der Waals surface area (Å²) < 4.78 is 0. The first-order valence-corrected chi connectivity index (χ1v) is 5.10. The summed E-state index contributed by atoms with van der Waals surface area (Å²) in [5, 5.41) is 28.1. The SMILES string of the molecule is C=CCC(C)(CC=C)C(CO)(CO)CO.O. The minimum Gasteiger partial charge on any atom is -0.412 e. The molecule has 0 amide bonds. The quantitative estimate of drug-likeness (QED) is 0.525. The van der Waals surface area contributed by atoms with Crippen LogP contribution in [0.5, 0.6) is 0 Å². The average molecular weight is 232 g/mol. The van der Waals surface area contributed by atoms with Gasteiger partial charge in [0, 0.05) is 5.41 Å². The fourth-order valence-electron chi connectivity index (χ4n) is 1.88. The molecule has 0 aliphatic heterocycles. The van der Waals surface area contributed by atoms with Gasteiger partial charge in [-0.05, 0) is 18.3 Å². The van der Waals surface area contributed by atoms with Crippen molar-refractivity contribution in [2.24, 2.45) is 10.8 Å². The zero-order valence-electron chi connectivity index (χ0n) is 9.95. The molecule has 0 heterocycles. The summed E-state index contributed by atoms with van der Waals surface area (Å²) in [6.07, 6.45) is 4.69. The molecule has 4 nitrogen and oxygen atoms in total. The van der Waals surface area contributed by atoms with Gasteiger partial charge in [0.15, 0.2) is 0 Å². The van der Waals surface area contributed by atoms with Crippen LogP contribution in [0.15, 0.2) is 25.3 Å². The summed E-state index contributed by atoms with van der Waals surface area (Å²) in [5.74, 6) is 0. The van der Waals surface area contributed by atoms with E-state index in [0.717, 1.165) is 0 Å². The van der Waals surface area contributed by atoms with E-state index >= 15 is 0 Å². The molecule has 0 aliphatic rings. The first-order chi connectivity index (χ1) is 7.05. The van der Waals surface area contributed by atoms with Gasteiger partial charge in [0.1, 0.15) is 0 Å². The van der Waals surface area contributed by atoms with Crippen molar-refractivity contribution in [3.63, 3.8) is 0 Å². The predicted octanol–water partition coefficient (Wildman–Crippen LogP) is 0.283. The number of aliphatic hydroxyl groups excluding tert-OH is 3. The molecule has 0 spiro atoms. The standard InChI is InChI=1S/C12H22O3.H2O/c1-4-6-11(3,7-5-2)12(8-13,9-14)10-15;/h4-5,13-15H,1-2,6-10H2,3H3;1H2. The van der Waals surface area contributed by atoms with Gasteiger partial charge in [-0.25, -0.2) is 0 Å². The molecule has 0 radical (unpaired) electrons. The fraction of sp³-hybridized carbons (Fsp3) is 0.667. The summed E-state index contributed by atoms with van der Waals surface area (Å²) in [6, 6.07) is 0. The lowest BCUT2D eigenvalue weighted by atomic mass is 9.62. The molecule has 16 heavy (non-hydrogen) atoms. The van der Waals surface area contributed by atoms with Crippen molar-refractivity contribution in [1.82, 2.24) is 0 Å². The van der Waals surface area contributed by atoms with E-state index < -0.39 is 10.8 Å². The Morgan fingerprint density at radius 2 is 1.25 bits per heavy atom. The van der Waals surface area contributed by atoms with E-state index in [2.05, 4.69) is 13.2 Å². The molecule has 96 valence electrons. The molecule has 0 atom stereocenters. The Balaban J connectivity index is 0. The van der Waals surface area contributed by atoms with E-state index in [1.165, 1.54) is 0 Å². The molecule has 0 aromatic carbocycles. The van der Waals surface area contributed by atoms with E-state index in [1.54, 1.807) is 12.2 Å². The number of rotatable bonds is 8. The van der Waals surface area contributed by atoms with E-state index in [0.29, 0.717) is 12.8 Å². The Hall–Kier alpha value is -0.680. The molecule has 0 saturated carbocycles. The molecule has 0 saturated heterocycles. The average Bonchev–Trinajstić information content (AvgIpc) is 2.21. The Kier molecular flexibility index (Phi) is 8.38. The van der Waals surface area contributed by atoms with Gasteiger partial charge in [0.25, 0.3) is 0 Å². The maximum atomic E-state index is 9.38. The van der Waals surface area contributed by atoms with Crippen molar-refractivity contribution in [3.05, 3.63) is 25.3 Å². The van der Waals surface area contributed by atoms with Gasteiger partial charge in [-0.1, -0.05) is 19.1 Å². The number of allylic oxidation sites excluding steroid dienone is 2. The van der Waals surface area contributed by atoms with Crippen molar-refractivity contribution < 1.29 is 20.8 Å². The van der Waals surface area contributed by atoms with Crippen molar-refractivity contribution in [2.75, 3.05) is 19.8 Å². The zero-order chi connectivity index (χ0) is 11.9. The summed E-state index contributed by atoms with van der Waals surface area (Å²) in [7, 11) is 0. The van der Waals surface area contributed by atoms with Crippen LogP contribution >= 0.6 is 0 Å². The largest absolute Gasteiger partial charge is 0.412 e. The monoisotopic (exact) mass is 232 g/mol. The lowest BCUT2D eigenvalue weighted by Crippen LogP contribution is -2.48. The Morgan fingerprint density at radius 3 is 1.44 bits per heavy atom. The second-order valence-corrected chi connectivity index (χ2v) is 4.30. The molecule has 0 unspecified atom stereocenters. The maximum Gasteiger partial charge on any atom is 0.0537 e. The van der Waals surface area contributed by atoms with Crippen LogP contribution in [-0.2, 0) is 0 Å². The third kappa shape index (κ3) is 3.15. The zero-order valence-corrected chi connectivity index (χ0v) is 9.95. The fourth-order valence-corrected chi connectivity index (χ4v) is 1.88. The van der Waals surface area contributed by atoms with Gasteiger partial charge in [0.2, 0.25) is 0 Å². The molecule has 0 aromatic heterocycles. The van der Waals surface area contributed by atoms with Crippen molar-refractivity contribution in [2.45, 2.75) is 19.8 Å². The molecule has 5 N–H and O–H groups in total. The molecule has 0 bridgehead atoms. The number of hydrogen-bond acceptors (Lipinski definition) is 3. The molecular formula is C12H24O4. The van der Waals surface area contributed by atoms with Crippen LogP contribution in [0.4, 0.5) is 0 Å². The lowest BCUT2D eigenvalue weighted by molar-refractivity contribution is -0.0838. The highest BCUT2D eigenvalue weighted by Gasteiger charge is 2.45. The first-order valence-electron chi connectivity index (χ1n) is 5.10. The topological polar surface area (TPSA) is 92.2 Å². The summed E-state index contributed by atoms with van der Waals surface area (Å²) >= 11 is 0. The van der Waals surface area contributed by atoms with E-state index in [4.69, 9.17) is 0 Å². The number of hydrogen-bond donors (Lipinski definition) is 3. The van der Waals surface area contributed by atoms with Gasteiger partial charge in [-0.3, -0.25) is 0 Å². The van der Waals surface area contributed by atoms with E-state index in [9.17, 15) is 15.3 Å². The van der Waals surface area contributed by atoms with Gasteiger partial charge in [-0.15, -0.1) is 13.2 Å². The van der Waals surface area contributed by atoms with Gasteiger partial charge in [0.05, 0.1) is 19.8 Å². The predicted molar refractivity (Wildman–Crippen MR) is 65.0 cm³/mol. The van der Waals surface area contributed by atoms with Crippen molar-refractivity contribution >= 4 is 0 Å². The van der Waals surface area contributed by atoms with Crippen LogP contribution in [0.1, 0.15) is 19.8 Å². The molecule has 4 heteroatoms. The highest BCUT2D eigenvalue weighted by molar-refractivity contribution is 5.01. The van der Waals surface area contributed by atoms with Crippen LogP contribution in [-0.4, -0.2) is 40.6 Å². The second kappa shape index (κ2) is 7.57. The molecule has 0 rings (SSSR count). The smallest absolute Gasteiger partial charge is 0.0537 e. The van der Waals surface area contributed by atoms with Crippen LogP contribution in [0.25, 0.3) is 0 Å². The lowest BCUT2D eigenvalue weighted by Gasteiger charge is -2.45. The van der Waals surface area contributed by atoms with Crippen LogP contribution in [0, 0.1) is 10.8 Å². The Labute approximate surface area is 97.2 Å². The van der Waals surface area contributed by atoms with Crippen LogP contribution in [0.3, 0.4) is 0 Å². The van der Waals surface area contributed by atoms with Gasteiger partial charge >= 0.3 is 0 Å². The second-order valence-electron chi connectivity index (χ2n) is 4.30. The molecular weight excluding hydrogens is 208 g/mol. The van der Waals surface area contributed by atoms with Gasteiger partial charge < -0.3 is 20.8 Å². The molecule has 0 aromatic rings.